The number of nitrogens with two attached hydrogens (primary N) is 1. The first-order valence-corrected chi connectivity index (χ1v) is 30.9. The molecule has 8 rings (SSSR count). The molecular weight excluding hydrogens is 1100 g/mol. The fourth-order valence-corrected chi connectivity index (χ4v) is 11.5. The number of likely N-dealkylation sites (tertiary alicyclic amines) is 2. The number of hydrogen-bond acceptors (Lipinski definition) is 11. The molecule has 2 aromatic heterocycles. The molecule has 16 heteroatoms. The molecule has 0 saturated carbocycles. The molecule has 3 N–H and O–H groups in total. The summed E-state index contributed by atoms with van der Waals surface area (Å²) < 4.78 is 40.7. The van der Waals surface area contributed by atoms with Gasteiger partial charge in [0.15, 0.2) is 5.78 Å². The number of aliphatic carboxylic acids is 1. The lowest BCUT2D eigenvalue weighted by atomic mass is 9.85. The number of carbonyl (C=O) groups excluding carboxylic acids is 3. The third-order valence-corrected chi connectivity index (χ3v) is 16.2. The van der Waals surface area contributed by atoms with Crippen LogP contribution in [0.3, 0.4) is 0 Å². The highest BCUT2D eigenvalue weighted by Crippen LogP contribution is 2.35. The predicted molar refractivity (Wildman–Crippen MR) is 340 cm³/mol. The van der Waals surface area contributed by atoms with Crippen LogP contribution in [-0.2, 0) is 41.5 Å². The first-order valence-electron chi connectivity index (χ1n) is 30.9. The number of halogens is 2. The fourth-order valence-electron chi connectivity index (χ4n) is 11.5. The number of rotatable bonds is 26. The number of carboxylic acid groups (broad SMARTS) is 1. The standard InChI is InChI=1S/C36H45FN2O4.C19H22FNO2.C16H24N2O3/c1-6-43-35(42)22-30(28-9-7-10-29(20-28)36-25(4)18-31(37)19-26(36)5)21-33(40)32(17-24(2)3)39-23-27(11-12-34(39)41)13-16-38-14-8-15-38;1-4-23-18(22)11-17(21)14-6-5-7-15(10-14)19-12(2)8-16(20)9-13(19)3;1-12(2)10-14(16(20)21)18-11-13(4-5-15(18)19)6-9-17-7-3-8-17/h7,9-12,18-20,23-24,30,32H,6,8,13-17,21-22H2,1-5H3;5-10,17H,4,11,21H2,1-3H3;4-5,11-12,14H,3,6-10H2,1-2H3,(H,20,21)/t30-,32?;17-;/m00./s1. The van der Waals surface area contributed by atoms with Crippen molar-refractivity contribution < 1.29 is 42.5 Å². The number of esters is 2. The van der Waals surface area contributed by atoms with Gasteiger partial charge in [-0.15, -0.1) is 0 Å². The molecular formula is C71H91F2N5O9. The number of pyridine rings is 2. The first-order chi connectivity index (χ1) is 41.4. The highest BCUT2D eigenvalue weighted by atomic mass is 19.1. The maximum absolute atomic E-state index is 14.1. The Labute approximate surface area is 512 Å². The third-order valence-electron chi connectivity index (χ3n) is 16.2. The molecule has 4 aromatic carbocycles. The quantitative estimate of drug-likeness (QED) is 0.0491. The van der Waals surface area contributed by atoms with Crippen LogP contribution in [0.1, 0.15) is 155 Å². The Morgan fingerprint density at radius 1 is 0.563 bits per heavy atom. The van der Waals surface area contributed by atoms with Gasteiger partial charge in [-0.05, 0) is 215 Å². The number of benzene rings is 4. The molecule has 0 amide bonds. The smallest absolute Gasteiger partial charge is 0.326 e. The van der Waals surface area contributed by atoms with E-state index in [9.17, 15) is 42.7 Å². The lowest BCUT2D eigenvalue weighted by molar-refractivity contribution is -0.144. The topological polar surface area (TPSA) is 183 Å². The number of nitrogens with zero attached hydrogens (tertiary/aromatic N) is 4. The maximum atomic E-state index is 14.1. The van der Waals surface area contributed by atoms with Crippen LogP contribution in [0.25, 0.3) is 22.3 Å². The number of carboxylic acids is 1. The van der Waals surface area contributed by atoms with E-state index in [1.54, 1.807) is 30.7 Å². The van der Waals surface area contributed by atoms with Crippen molar-refractivity contribution >= 4 is 23.7 Å². The molecule has 4 heterocycles. The van der Waals surface area contributed by atoms with Crippen LogP contribution in [0.5, 0.6) is 0 Å². The SMILES string of the molecule is CC(C)CC(C(=O)O)n1cc(CCN2CCC2)ccc1=O.CCOC(=O)C[C@H](CC(=O)C(CC(C)C)n1cc(CCN2CCC2)ccc1=O)c1cccc(-c2c(C)cc(F)cc2C)c1.CCOC(=O)C[C@H](N)c1cccc(-c2c(C)cc(F)cc2C)c1. The van der Waals surface area contributed by atoms with Gasteiger partial charge < -0.3 is 39.2 Å². The minimum Gasteiger partial charge on any atom is -0.480 e. The fraction of sp³-hybridized carbons (Fsp3) is 0.465. The molecule has 2 unspecified atom stereocenters. The van der Waals surface area contributed by atoms with E-state index in [0.29, 0.717) is 19.4 Å². The monoisotopic (exact) mass is 1200 g/mol. The van der Waals surface area contributed by atoms with Crippen LogP contribution in [-0.4, -0.2) is 100 Å². The zero-order chi connectivity index (χ0) is 63.5. The van der Waals surface area contributed by atoms with Gasteiger partial charge >= 0.3 is 17.9 Å². The largest absolute Gasteiger partial charge is 0.480 e. The van der Waals surface area contributed by atoms with Crippen LogP contribution in [0.2, 0.25) is 0 Å². The third kappa shape index (κ3) is 20.3. The number of aromatic nitrogens is 2. The van der Waals surface area contributed by atoms with E-state index in [0.717, 1.165) is 119 Å². The molecule has 0 aliphatic carbocycles. The Morgan fingerprint density at radius 3 is 1.39 bits per heavy atom. The number of ether oxygens (including phenoxy) is 2. The van der Waals surface area contributed by atoms with Crippen molar-refractivity contribution in [3.63, 3.8) is 0 Å². The summed E-state index contributed by atoms with van der Waals surface area (Å²) >= 11 is 0. The Bertz CT molecular complexity index is 3370. The Hall–Kier alpha value is -7.40. The molecule has 6 aromatic rings. The minimum absolute atomic E-state index is 0.0452. The van der Waals surface area contributed by atoms with E-state index in [-0.39, 0.29) is 78.2 Å². The highest BCUT2D eigenvalue weighted by Gasteiger charge is 2.29. The molecule has 468 valence electrons. The molecule has 0 radical (unpaired) electrons. The van der Waals surface area contributed by atoms with Crippen molar-refractivity contribution in [2.75, 3.05) is 52.5 Å². The van der Waals surface area contributed by atoms with Crippen LogP contribution in [0.4, 0.5) is 8.78 Å². The average molecular weight is 1200 g/mol. The Morgan fingerprint density at radius 2 is 0.977 bits per heavy atom. The molecule has 0 bridgehead atoms. The second kappa shape index (κ2) is 33.1. The molecule has 14 nitrogen and oxygen atoms in total. The van der Waals surface area contributed by atoms with Crippen molar-refractivity contribution in [3.8, 4) is 22.3 Å². The minimum atomic E-state index is -0.939. The van der Waals surface area contributed by atoms with Gasteiger partial charge in [-0.2, -0.15) is 0 Å². The number of hydrogen-bond donors (Lipinski definition) is 2. The van der Waals surface area contributed by atoms with Gasteiger partial charge in [-0.25, -0.2) is 13.6 Å². The van der Waals surface area contributed by atoms with Crippen LogP contribution in [0.15, 0.2) is 119 Å². The zero-order valence-corrected chi connectivity index (χ0v) is 52.7. The van der Waals surface area contributed by atoms with E-state index in [2.05, 4.69) is 9.80 Å². The van der Waals surface area contributed by atoms with E-state index < -0.39 is 30.0 Å². The van der Waals surface area contributed by atoms with Crippen LogP contribution in [0, 0.1) is 51.2 Å². The lowest BCUT2D eigenvalue weighted by Gasteiger charge is -2.30. The van der Waals surface area contributed by atoms with Gasteiger partial charge in [-0.1, -0.05) is 82.3 Å². The second-order valence-electron chi connectivity index (χ2n) is 24.2. The van der Waals surface area contributed by atoms with E-state index >= 15 is 0 Å². The van der Waals surface area contributed by atoms with Gasteiger partial charge in [0.25, 0.3) is 11.1 Å². The van der Waals surface area contributed by atoms with Gasteiger partial charge in [0.05, 0.1) is 32.1 Å². The molecule has 2 aliphatic heterocycles. The van der Waals surface area contributed by atoms with Crippen molar-refractivity contribution in [1.82, 2.24) is 18.9 Å². The summed E-state index contributed by atoms with van der Waals surface area (Å²) in [6.07, 6.45) is 9.00. The summed E-state index contributed by atoms with van der Waals surface area (Å²) in [4.78, 5) is 79.8. The van der Waals surface area contributed by atoms with Crippen molar-refractivity contribution in [2.24, 2.45) is 17.6 Å². The summed E-state index contributed by atoms with van der Waals surface area (Å²) in [6.45, 7) is 26.1. The summed E-state index contributed by atoms with van der Waals surface area (Å²) in [5, 5.41) is 9.39. The van der Waals surface area contributed by atoms with E-state index in [1.165, 1.54) is 47.7 Å². The molecule has 87 heavy (non-hydrogen) atoms. The number of Topliss-reactive ketones (excluding diaryl/α,β-unsaturated/α-hetero) is 1. The van der Waals surface area contributed by atoms with Crippen molar-refractivity contribution in [3.05, 3.63) is 186 Å². The zero-order valence-electron chi connectivity index (χ0n) is 52.7. The summed E-state index contributed by atoms with van der Waals surface area (Å²) in [5.74, 6) is -2.24. The van der Waals surface area contributed by atoms with Gasteiger partial charge in [-0.3, -0.25) is 24.0 Å². The Balaban J connectivity index is 0.000000230. The lowest BCUT2D eigenvalue weighted by Crippen LogP contribution is -2.38. The van der Waals surface area contributed by atoms with Crippen molar-refractivity contribution in [2.45, 2.75) is 151 Å². The summed E-state index contributed by atoms with van der Waals surface area (Å²) in [6, 6.07) is 26.5. The molecule has 2 saturated heterocycles. The predicted octanol–water partition coefficient (Wildman–Crippen LogP) is 12.6. The Kier molecular flexibility index (Phi) is 26.1. The summed E-state index contributed by atoms with van der Waals surface area (Å²) in [5.41, 5.74) is 16.6. The van der Waals surface area contributed by atoms with Gasteiger partial charge in [0.2, 0.25) is 0 Å². The summed E-state index contributed by atoms with van der Waals surface area (Å²) in [7, 11) is 0. The first kappa shape index (κ1) is 68.7. The highest BCUT2D eigenvalue weighted by molar-refractivity contribution is 5.85. The van der Waals surface area contributed by atoms with E-state index in [4.69, 9.17) is 15.2 Å². The maximum Gasteiger partial charge on any atom is 0.326 e. The van der Waals surface area contributed by atoms with Crippen LogP contribution >= 0.6 is 0 Å². The van der Waals surface area contributed by atoms with E-state index in [1.807, 2.05) is 122 Å². The van der Waals surface area contributed by atoms with Gasteiger partial charge in [0.1, 0.15) is 17.7 Å². The van der Waals surface area contributed by atoms with Gasteiger partial charge in [0, 0.05) is 56.0 Å². The molecule has 4 atom stereocenters. The normalized spacial score (nSPS) is 14.5. The molecule has 2 fully saturated rings. The van der Waals surface area contributed by atoms with Crippen LogP contribution < -0.4 is 16.9 Å². The second-order valence-corrected chi connectivity index (χ2v) is 24.2. The van der Waals surface area contributed by atoms with Crippen molar-refractivity contribution in [1.29, 1.82) is 0 Å². The average Bonchev–Trinajstić information content (AvgIpc) is 3.40. The number of ketones is 1. The molecule has 2 aliphatic rings. The number of carbonyl (C=O) groups is 4. The number of aryl methyl sites for hydroxylation is 4. The molecule has 0 spiro atoms.